The Bertz CT molecular complexity index is 382. The highest BCUT2D eigenvalue weighted by atomic mass is 16.5. The van der Waals surface area contributed by atoms with E-state index in [-0.39, 0.29) is 5.60 Å². The lowest BCUT2D eigenvalue weighted by Crippen LogP contribution is -2.26. The van der Waals surface area contributed by atoms with E-state index in [1.807, 2.05) is 16.9 Å². The summed E-state index contributed by atoms with van der Waals surface area (Å²) in [5.41, 5.74) is 6.75. The minimum atomic E-state index is 0.231. The van der Waals surface area contributed by atoms with Crippen LogP contribution >= 0.6 is 0 Å². The number of nitrogens with zero attached hydrogens (tertiary/aromatic N) is 2. The SMILES string of the molecule is NCc1ccn(CC2CCC3(CCCC3)O2)n1. The van der Waals surface area contributed by atoms with Gasteiger partial charge in [-0.05, 0) is 31.7 Å². The Morgan fingerprint density at radius 3 is 2.94 bits per heavy atom. The highest BCUT2D eigenvalue weighted by Gasteiger charge is 2.42. The van der Waals surface area contributed by atoms with E-state index in [9.17, 15) is 0 Å². The summed E-state index contributed by atoms with van der Waals surface area (Å²) in [5.74, 6) is 0. The van der Waals surface area contributed by atoms with Crippen LogP contribution in [0.2, 0.25) is 0 Å². The third kappa shape index (κ3) is 2.24. The molecule has 2 fully saturated rings. The zero-order valence-corrected chi connectivity index (χ0v) is 10.3. The second-order valence-corrected chi connectivity index (χ2v) is 5.40. The first kappa shape index (κ1) is 11.2. The third-order valence-electron chi connectivity index (χ3n) is 4.15. The Labute approximate surface area is 102 Å². The van der Waals surface area contributed by atoms with Crippen LogP contribution in [0.3, 0.4) is 0 Å². The Hall–Kier alpha value is -0.870. The molecule has 1 aromatic heterocycles. The summed E-state index contributed by atoms with van der Waals surface area (Å²) in [7, 11) is 0. The molecule has 1 spiro atoms. The molecule has 2 N–H and O–H groups in total. The van der Waals surface area contributed by atoms with Gasteiger partial charge in [-0.25, -0.2) is 0 Å². The average molecular weight is 235 g/mol. The van der Waals surface area contributed by atoms with Crippen molar-refractivity contribution < 1.29 is 4.74 Å². The van der Waals surface area contributed by atoms with Gasteiger partial charge < -0.3 is 10.5 Å². The first-order valence-corrected chi connectivity index (χ1v) is 6.70. The Morgan fingerprint density at radius 1 is 1.41 bits per heavy atom. The molecule has 1 aromatic rings. The Morgan fingerprint density at radius 2 is 2.24 bits per heavy atom. The van der Waals surface area contributed by atoms with Crippen LogP contribution in [-0.4, -0.2) is 21.5 Å². The van der Waals surface area contributed by atoms with Gasteiger partial charge in [0, 0.05) is 12.7 Å². The van der Waals surface area contributed by atoms with Crippen LogP contribution in [0.5, 0.6) is 0 Å². The van der Waals surface area contributed by atoms with E-state index in [1.165, 1.54) is 38.5 Å². The maximum Gasteiger partial charge on any atom is 0.0779 e. The van der Waals surface area contributed by atoms with Crippen LogP contribution in [0.4, 0.5) is 0 Å². The van der Waals surface area contributed by atoms with Crippen LogP contribution < -0.4 is 5.73 Å². The van der Waals surface area contributed by atoms with Crippen molar-refractivity contribution in [2.24, 2.45) is 5.73 Å². The van der Waals surface area contributed by atoms with E-state index in [1.54, 1.807) is 0 Å². The quantitative estimate of drug-likeness (QED) is 0.869. The zero-order valence-electron chi connectivity index (χ0n) is 10.3. The van der Waals surface area contributed by atoms with Crippen LogP contribution in [0.15, 0.2) is 12.3 Å². The predicted octanol–water partition coefficient (Wildman–Crippen LogP) is 1.83. The van der Waals surface area contributed by atoms with Crippen molar-refractivity contribution in [3.63, 3.8) is 0 Å². The minimum absolute atomic E-state index is 0.231. The average Bonchev–Trinajstić information content (AvgIpc) is 3.03. The fourth-order valence-electron chi connectivity index (χ4n) is 3.23. The maximum atomic E-state index is 6.26. The van der Waals surface area contributed by atoms with Gasteiger partial charge in [0.2, 0.25) is 0 Å². The summed E-state index contributed by atoms with van der Waals surface area (Å²) < 4.78 is 8.24. The van der Waals surface area contributed by atoms with Gasteiger partial charge in [-0.3, -0.25) is 4.68 Å². The van der Waals surface area contributed by atoms with E-state index in [2.05, 4.69) is 5.10 Å². The molecule has 2 heterocycles. The summed E-state index contributed by atoms with van der Waals surface area (Å²) in [6.07, 6.45) is 9.97. The number of aromatic nitrogens is 2. The van der Waals surface area contributed by atoms with Gasteiger partial charge in [0.1, 0.15) is 0 Å². The van der Waals surface area contributed by atoms with E-state index in [0.717, 1.165) is 12.2 Å². The molecule has 0 aromatic carbocycles. The first-order chi connectivity index (χ1) is 8.30. The van der Waals surface area contributed by atoms with Gasteiger partial charge in [0.05, 0.1) is 23.9 Å². The van der Waals surface area contributed by atoms with Crippen molar-refractivity contribution in [1.82, 2.24) is 9.78 Å². The smallest absolute Gasteiger partial charge is 0.0779 e. The molecule has 1 atom stereocenters. The van der Waals surface area contributed by atoms with Gasteiger partial charge in [0.25, 0.3) is 0 Å². The molecule has 1 aliphatic heterocycles. The zero-order chi connectivity index (χ0) is 11.7. The normalized spacial score (nSPS) is 27.0. The van der Waals surface area contributed by atoms with Crippen molar-refractivity contribution in [1.29, 1.82) is 0 Å². The Balaban J connectivity index is 1.59. The van der Waals surface area contributed by atoms with Crippen LogP contribution in [0, 0.1) is 0 Å². The molecule has 17 heavy (non-hydrogen) atoms. The van der Waals surface area contributed by atoms with Crippen LogP contribution in [0.1, 0.15) is 44.2 Å². The molecule has 4 nitrogen and oxygen atoms in total. The summed E-state index contributed by atoms with van der Waals surface area (Å²) in [6, 6.07) is 1.99. The molecule has 1 saturated heterocycles. The molecule has 1 saturated carbocycles. The second-order valence-electron chi connectivity index (χ2n) is 5.40. The second kappa shape index (κ2) is 4.42. The van der Waals surface area contributed by atoms with Crippen molar-refractivity contribution in [3.05, 3.63) is 18.0 Å². The van der Waals surface area contributed by atoms with E-state index >= 15 is 0 Å². The van der Waals surface area contributed by atoms with Gasteiger partial charge in [-0.1, -0.05) is 12.8 Å². The molecule has 0 bridgehead atoms. The number of hydrogen-bond acceptors (Lipinski definition) is 3. The van der Waals surface area contributed by atoms with Gasteiger partial charge in [-0.2, -0.15) is 5.10 Å². The standard InChI is InChI=1S/C13H21N3O/c14-9-11-4-8-16(15-11)10-12-3-7-13(17-12)5-1-2-6-13/h4,8,12H,1-3,5-7,9-10,14H2. The van der Waals surface area contributed by atoms with Crippen molar-refractivity contribution in [2.75, 3.05) is 0 Å². The van der Waals surface area contributed by atoms with Gasteiger partial charge >= 0.3 is 0 Å². The topological polar surface area (TPSA) is 53.1 Å². The van der Waals surface area contributed by atoms with Crippen molar-refractivity contribution in [2.45, 2.75) is 63.3 Å². The Kier molecular flexibility index (Phi) is 2.92. The lowest BCUT2D eigenvalue weighted by atomic mass is 9.98. The van der Waals surface area contributed by atoms with E-state index in [4.69, 9.17) is 10.5 Å². The van der Waals surface area contributed by atoms with Crippen molar-refractivity contribution >= 4 is 0 Å². The predicted molar refractivity (Wildman–Crippen MR) is 65.4 cm³/mol. The third-order valence-corrected chi connectivity index (χ3v) is 4.15. The molecular formula is C13H21N3O. The summed E-state index contributed by atoms with van der Waals surface area (Å²) in [6.45, 7) is 1.39. The highest BCUT2D eigenvalue weighted by Crippen LogP contribution is 2.43. The number of nitrogens with two attached hydrogens (primary N) is 1. The lowest BCUT2D eigenvalue weighted by Gasteiger charge is -2.23. The van der Waals surface area contributed by atoms with Gasteiger partial charge in [0.15, 0.2) is 0 Å². The minimum Gasteiger partial charge on any atom is -0.370 e. The molecule has 1 unspecified atom stereocenters. The number of rotatable bonds is 3. The largest absolute Gasteiger partial charge is 0.370 e. The maximum absolute atomic E-state index is 6.26. The molecule has 3 rings (SSSR count). The van der Waals surface area contributed by atoms with E-state index < -0.39 is 0 Å². The van der Waals surface area contributed by atoms with Gasteiger partial charge in [-0.15, -0.1) is 0 Å². The molecule has 4 heteroatoms. The van der Waals surface area contributed by atoms with Crippen LogP contribution in [0.25, 0.3) is 0 Å². The fourth-order valence-corrected chi connectivity index (χ4v) is 3.23. The number of hydrogen-bond donors (Lipinski definition) is 1. The number of ether oxygens (including phenoxy) is 1. The lowest BCUT2D eigenvalue weighted by molar-refractivity contribution is -0.0429. The molecule has 1 aliphatic carbocycles. The highest BCUT2D eigenvalue weighted by molar-refractivity contribution is 4.98. The first-order valence-electron chi connectivity index (χ1n) is 6.70. The molecule has 2 aliphatic rings. The molecule has 94 valence electrons. The fraction of sp³-hybridized carbons (Fsp3) is 0.769. The summed E-state index contributed by atoms with van der Waals surface area (Å²) in [4.78, 5) is 0. The molecular weight excluding hydrogens is 214 g/mol. The summed E-state index contributed by atoms with van der Waals surface area (Å²) >= 11 is 0. The van der Waals surface area contributed by atoms with Crippen molar-refractivity contribution in [3.8, 4) is 0 Å². The van der Waals surface area contributed by atoms with Crippen LogP contribution in [-0.2, 0) is 17.8 Å². The summed E-state index contributed by atoms with van der Waals surface area (Å²) in [5, 5.41) is 4.42. The molecule has 0 radical (unpaired) electrons. The molecule has 0 amide bonds. The monoisotopic (exact) mass is 235 g/mol. The van der Waals surface area contributed by atoms with E-state index in [0.29, 0.717) is 12.6 Å².